The number of aliphatic carboxylic acids is 1. The average molecular weight is 609 g/mol. The number of nitrogens with one attached hydrogen (secondary N) is 1. The minimum atomic E-state index is -1.22. The first kappa shape index (κ1) is 29.5. The predicted molar refractivity (Wildman–Crippen MR) is 164 cm³/mol. The van der Waals surface area contributed by atoms with E-state index in [0.717, 1.165) is 5.56 Å². The van der Waals surface area contributed by atoms with Gasteiger partial charge in [-0.3, -0.25) is 14.4 Å². The van der Waals surface area contributed by atoms with Gasteiger partial charge in [0, 0.05) is 24.6 Å². The number of pyridine rings is 1. The van der Waals surface area contributed by atoms with E-state index in [4.69, 9.17) is 16.6 Å². The second-order valence-corrected chi connectivity index (χ2v) is 11.1. The van der Waals surface area contributed by atoms with Crippen LogP contribution in [-0.2, 0) is 32.8 Å². The molecule has 2 aromatic carbocycles. The Morgan fingerprint density at radius 2 is 1.84 bits per heavy atom. The van der Waals surface area contributed by atoms with Crippen molar-refractivity contribution in [3.63, 3.8) is 0 Å². The lowest BCUT2D eigenvalue weighted by molar-refractivity contribution is -0.140. The van der Waals surface area contributed by atoms with Gasteiger partial charge in [0.15, 0.2) is 11.5 Å². The SMILES string of the molecule is CC1(c2ccc(CCC(=O)C[C@@H](N)C(=O)O)cc2)C(=O)Nc2nc(-c3nn(Cc4ccccc4F)c4ncccc34)nc(N)c21. The van der Waals surface area contributed by atoms with Gasteiger partial charge in [-0.25, -0.2) is 24.0 Å². The molecule has 0 bridgehead atoms. The van der Waals surface area contributed by atoms with Crippen molar-refractivity contribution in [2.75, 3.05) is 11.1 Å². The predicted octanol–water partition coefficient (Wildman–Crippen LogP) is 3.22. The van der Waals surface area contributed by atoms with Gasteiger partial charge in [-0.15, -0.1) is 0 Å². The Bertz CT molecular complexity index is 1980. The fraction of sp³-hybridized carbons (Fsp3) is 0.219. The molecule has 5 aromatic rings. The van der Waals surface area contributed by atoms with Crippen molar-refractivity contribution in [3.8, 4) is 11.5 Å². The fourth-order valence-corrected chi connectivity index (χ4v) is 5.58. The van der Waals surface area contributed by atoms with E-state index in [-0.39, 0.29) is 54.4 Å². The van der Waals surface area contributed by atoms with E-state index in [2.05, 4.69) is 25.4 Å². The summed E-state index contributed by atoms with van der Waals surface area (Å²) in [4.78, 5) is 50.2. The van der Waals surface area contributed by atoms with Crippen molar-refractivity contribution in [1.29, 1.82) is 0 Å². The average Bonchev–Trinajstić information content (AvgIpc) is 3.52. The van der Waals surface area contributed by atoms with Crippen LogP contribution in [0.4, 0.5) is 16.0 Å². The lowest BCUT2D eigenvalue weighted by atomic mass is 9.77. The van der Waals surface area contributed by atoms with Crippen molar-refractivity contribution >= 4 is 40.3 Å². The van der Waals surface area contributed by atoms with E-state index in [1.165, 1.54) is 6.07 Å². The number of carboxylic acid groups (broad SMARTS) is 1. The number of nitrogens with zero attached hydrogens (tertiary/aromatic N) is 5. The van der Waals surface area contributed by atoms with Gasteiger partial charge in [0.05, 0.1) is 17.5 Å². The highest BCUT2D eigenvalue weighted by Crippen LogP contribution is 2.45. The summed E-state index contributed by atoms with van der Waals surface area (Å²) in [6.07, 6.45) is 1.92. The van der Waals surface area contributed by atoms with Crippen LogP contribution in [0.5, 0.6) is 0 Å². The molecule has 6 rings (SSSR count). The van der Waals surface area contributed by atoms with Gasteiger partial charge in [0.1, 0.15) is 40.4 Å². The van der Waals surface area contributed by atoms with Crippen molar-refractivity contribution < 1.29 is 23.9 Å². The number of nitrogens with two attached hydrogens (primary N) is 2. The Morgan fingerprint density at radius 1 is 1.09 bits per heavy atom. The number of ketones is 1. The van der Waals surface area contributed by atoms with E-state index in [1.807, 2.05) is 18.2 Å². The van der Waals surface area contributed by atoms with Crippen molar-refractivity contribution in [3.05, 3.63) is 94.9 Å². The summed E-state index contributed by atoms with van der Waals surface area (Å²) in [5.41, 5.74) is 14.0. The van der Waals surface area contributed by atoms with Crippen LogP contribution in [0.25, 0.3) is 22.6 Å². The summed E-state index contributed by atoms with van der Waals surface area (Å²) in [5.74, 6) is -1.61. The van der Waals surface area contributed by atoms with Gasteiger partial charge in [-0.2, -0.15) is 5.10 Å². The van der Waals surface area contributed by atoms with E-state index >= 15 is 0 Å². The number of anilines is 2. The number of hydrogen-bond donors (Lipinski definition) is 4. The molecule has 228 valence electrons. The number of hydrogen-bond acceptors (Lipinski definition) is 9. The normalized spacial score (nSPS) is 16.4. The molecular weight excluding hydrogens is 579 g/mol. The molecule has 0 saturated carbocycles. The number of aryl methyl sites for hydroxylation is 1. The summed E-state index contributed by atoms with van der Waals surface area (Å²) in [5, 5.41) is 17.1. The Morgan fingerprint density at radius 3 is 2.58 bits per heavy atom. The molecule has 1 aliphatic heterocycles. The lowest BCUT2D eigenvalue weighted by Gasteiger charge is -2.23. The molecule has 2 atom stereocenters. The number of amides is 1. The number of rotatable bonds is 10. The Kier molecular flexibility index (Phi) is 7.54. The van der Waals surface area contributed by atoms with Gasteiger partial charge in [-0.1, -0.05) is 42.5 Å². The fourth-order valence-electron chi connectivity index (χ4n) is 5.58. The van der Waals surface area contributed by atoms with Gasteiger partial charge < -0.3 is 21.9 Å². The van der Waals surface area contributed by atoms with Crippen LogP contribution < -0.4 is 16.8 Å². The van der Waals surface area contributed by atoms with Crippen LogP contribution >= 0.6 is 0 Å². The highest BCUT2D eigenvalue weighted by Gasteiger charge is 2.47. The highest BCUT2D eigenvalue weighted by atomic mass is 19.1. The summed E-state index contributed by atoms with van der Waals surface area (Å²) in [6, 6.07) is 16.0. The third-order valence-corrected chi connectivity index (χ3v) is 8.11. The first-order valence-electron chi connectivity index (χ1n) is 14.2. The molecule has 4 heterocycles. The summed E-state index contributed by atoms with van der Waals surface area (Å²) in [6.45, 7) is 1.87. The summed E-state index contributed by atoms with van der Waals surface area (Å²) < 4.78 is 16.0. The molecule has 0 radical (unpaired) electrons. The largest absolute Gasteiger partial charge is 0.480 e. The van der Waals surface area contributed by atoms with Crippen LogP contribution in [0.1, 0.15) is 42.0 Å². The molecule has 1 aliphatic rings. The first-order valence-corrected chi connectivity index (χ1v) is 14.2. The molecule has 1 amide bonds. The van der Waals surface area contributed by atoms with E-state index in [0.29, 0.717) is 39.8 Å². The van der Waals surface area contributed by atoms with Gasteiger partial charge in [0.25, 0.3) is 0 Å². The van der Waals surface area contributed by atoms with E-state index < -0.39 is 17.4 Å². The number of benzene rings is 2. The number of Topliss-reactive ketones (excluding diaryl/α,β-unsaturated/α-hetero) is 1. The number of halogens is 1. The number of nitrogen functional groups attached to an aromatic ring is 1. The third kappa shape index (κ3) is 5.38. The molecule has 13 heteroatoms. The van der Waals surface area contributed by atoms with Crippen LogP contribution in [0.3, 0.4) is 0 Å². The molecule has 0 fully saturated rings. The van der Waals surface area contributed by atoms with Crippen LogP contribution in [-0.4, -0.2) is 53.5 Å². The minimum absolute atomic E-state index is 0.0981. The third-order valence-electron chi connectivity index (χ3n) is 8.11. The van der Waals surface area contributed by atoms with E-state index in [9.17, 15) is 18.8 Å². The van der Waals surface area contributed by atoms with Gasteiger partial charge >= 0.3 is 5.97 Å². The standard InChI is InChI=1S/C32H29FN8O4/c1-32(19-11-8-17(9-12-19)10-13-20(42)15-23(34)30(43)44)24-26(35)37-28(38-27(24)39-31(32)45)25-21-6-4-14-36-29(21)41(40-25)16-18-5-2-3-7-22(18)33/h2-9,11-12,14,23H,10,13,15-16,34H2,1H3,(H,43,44)(H3,35,37,38,39,45)/t23-,32?/m1/s1. The molecule has 3 aromatic heterocycles. The van der Waals surface area contributed by atoms with Crippen LogP contribution in [0, 0.1) is 5.82 Å². The van der Waals surface area contributed by atoms with Gasteiger partial charge in [-0.05, 0) is 42.7 Å². The zero-order chi connectivity index (χ0) is 31.9. The molecule has 0 spiro atoms. The van der Waals surface area contributed by atoms with Crippen molar-refractivity contribution in [1.82, 2.24) is 24.7 Å². The molecule has 6 N–H and O–H groups in total. The lowest BCUT2D eigenvalue weighted by Crippen LogP contribution is -2.33. The number of carboxylic acids is 1. The number of carbonyl (C=O) groups excluding carboxylic acids is 2. The summed E-state index contributed by atoms with van der Waals surface area (Å²) >= 11 is 0. The first-order chi connectivity index (χ1) is 21.6. The molecule has 0 saturated heterocycles. The Labute approximate surface area is 256 Å². The molecular formula is C32H29FN8O4. The second-order valence-electron chi connectivity index (χ2n) is 11.1. The maximum absolute atomic E-state index is 14.4. The minimum Gasteiger partial charge on any atom is -0.480 e. The smallest absolute Gasteiger partial charge is 0.320 e. The van der Waals surface area contributed by atoms with E-state index in [1.54, 1.807) is 54.2 Å². The topological polar surface area (TPSA) is 192 Å². The number of aromatic nitrogens is 5. The quantitative estimate of drug-likeness (QED) is 0.183. The second kappa shape index (κ2) is 11.5. The zero-order valence-corrected chi connectivity index (χ0v) is 24.2. The van der Waals surface area contributed by atoms with Crippen LogP contribution in [0.15, 0.2) is 66.9 Å². The monoisotopic (exact) mass is 608 g/mol. The van der Waals surface area contributed by atoms with Crippen molar-refractivity contribution in [2.24, 2.45) is 5.73 Å². The van der Waals surface area contributed by atoms with Crippen molar-refractivity contribution in [2.45, 2.75) is 44.2 Å². The zero-order valence-electron chi connectivity index (χ0n) is 24.2. The number of carbonyl (C=O) groups is 3. The maximum atomic E-state index is 14.4. The molecule has 1 unspecified atom stereocenters. The summed E-state index contributed by atoms with van der Waals surface area (Å²) in [7, 11) is 0. The Hall–Kier alpha value is -5.56. The molecule has 0 aliphatic carbocycles. The highest BCUT2D eigenvalue weighted by molar-refractivity contribution is 6.09. The van der Waals surface area contributed by atoms with Gasteiger partial charge in [0.2, 0.25) is 5.91 Å². The Balaban J connectivity index is 1.29. The molecule has 45 heavy (non-hydrogen) atoms. The molecule has 12 nitrogen and oxygen atoms in total. The van der Waals surface area contributed by atoms with Crippen LogP contribution in [0.2, 0.25) is 0 Å². The number of fused-ring (bicyclic) bond motifs is 2. The maximum Gasteiger partial charge on any atom is 0.320 e.